The van der Waals surface area contributed by atoms with Gasteiger partial charge in [0.05, 0.1) is 16.1 Å². The first-order chi connectivity index (χ1) is 9.04. The number of rotatable bonds is 5. The number of nitrogens with two attached hydrogens (primary N) is 2. The van der Waals surface area contributed by atoms with Crippen LogP contribution in [0.15, 0.2) is 0 Å². The zero-order valence-electron chi connectivity index (χ0n) is 10.8. The molecule has 0 radical (unpaired) electrons. The maximum absolute atomic E-state index is 12.2. The molecule has 0 atom stereocenters. The normalized spacial score (nSPS) is 11.7. The minimum Gasteiger partial charge on any atom is -0.397 e. The van der Waals surface area contributed by atoms with Crippen LogP contribution in [-0.4, -0.2) is 24.4 Å². The fraction of sp³-hybridized carbons (Fsp3) is 0.455. The Kier molecular flexibility index (Phi) is 4.64. The second kappa shape index (κ2) is 5.70. The predicted octanol–water partition coefficient (Wildman–Crippen LogP) is 2.24. The summed E-state index contributed by atoms with van der Waals surface area (Å²) in [5.41, 5.74) is 10.3. The Labute approximate surface area is 117 Å². The minimum absolute atomic E-state index is 0.0403. The van der Waals surface area contributed by atoms with Crippen LogP contribution in [0.3, 0.4) is 0 Å². The van der Waals surface area contributed by atoms with Gasteiger partial charge in [0.15, 0.2) is 5.78 Å². The van der Waals surface area contributed by atoms with Gasteiger partial charge in [-0.2, -0.15) is 13.2 Å². The Morgan fingerprint density at radius 3 is 2.30 bits per heavy atom. The first-order valence-electron chi connectivity index (χ1n) is 5.61. The van der Waals surface area contributed by atoms with Gasteiger partial charge in [-0.25, -0.2) is 0 Å². The van der Waals surface area contributed by atoms with Crippen molar-refractivity contribution in [1.29, 1.82) is 0 Å². The summed E-state index contributed by atoms with van der Waals surface area (Å²) in [6.45, 7) is 1.89. The minimum atomic E-state index is -4.46. The molecule has 0 saturated carbocycles. The van der Waals surface area contributed by atoms with Gasteiger partial charge in [-0.3, -0.25) is 9.59 Å². The average molecular weight is 309 g/mol. The molecule has 1 rings (SSSR count). The lowest BCUT2D eigenvalue weighted by molar-refractivity contribution is -0.115. The Bertz CT molecular complexity index is 538. The fourth-order valence-electron chi connectivity index (χ4n) is 1.44. The summed E-state index contributed by atoms with van der Waals surface area (Å²) < 4.78 is 36.6. The van der Waals surface area contributed by atoms with Crippen LogP contribution in [0.5, 0.6) is 0 Å². The van der Waals surface area contributed by atoms with Crippen LogP contribution in [-0.2, 0) is 0 Å². The molecule has 1 amide bonds. The molecule has 0 fully saturated rings. The number of thiophene rings is 1. The molecule has 0 aromatic carbocycles. The molecule has 1 aromatic heterocycles. The third kappa shape index (κ3) is 3.62. The Balaban J connectivity index is 3.20. The number of halogens is 3. The van der Waals surface area contributed by atoms with Crippen molar-refractivity contribution in [2.24, 2.45) is 11.7 Å². The topological polar surface area (TPSA) is 98.2 Å². The van der Waals surface area contributed by atoms with Crippen LogP contribution >= 0.6 is 11.3 Å². The SMILES string of the molecule is CC(C)C(=O)c1sc(NCC(F)(F)F)c(C(N)=O)c1N. The Morgan fingerprint density at radius 2 is 1.90 bits per heavy atom. The van der Waals surface area contributed by atoms with E-state index >= 15 is 0 Å². The number of anilines is 2. The summed E-state index contributed by atoms with van der Waals surface area (Å²) in [5, 5.41) is 1.91. The molecule has 0 saturated heterocycles. The van der Waals surface area contributed by atoms with Crippen molar-refractivity contribution in [2.45, 2.75) is 20.0 Å². The molecule has 0 aliphatic carbocycles. The van der Waals surface area contributed by atoms with Gasteiger partial charge in [-0.1, -0.05) is 13.8 Å². The summed E-state index contributed by atoms with van der Waals surface area (Å²) in [5.74, 6) is -1.73. The van der Waals surface area contributed by atoms with Crippen LogP contribution in [0.25, 0.3) is 0 Å². The van der Waals surface area contributed by atoms with Crippen molar-refractivity contribution >= 4 is 33.7 Å². The molecule has 0 bridgehead atoms. The number of hydrogen-bond donors (Lipinski definition) is 3. The van der Waals surface area contributed by atoms with Gasteiger partial charge in [0.25, 0.3) is 5.91 Å². The third-order valence-electron chi connectivity index (χ3n) is 2.39. The van der Waals surface area contributed by atoms with E-state index in [1.807, 2.05) is 0 Å². The number of hydrogen-bond acceptors (Lipinski definition) is 5. The lowest BCUT2D eigenvalue weighted by Crippen LogP contribution is -2.22. The van der Waals surface area contributed by atoms with Crippen molar-refractivity contribution < 1.29 is 22.8 Å². The zero-order chi connectivity index (χ0) is 15.7. The summed E-state index contributed by atoms with van der Waals surface area (Å²) in [6.07, 6.45) is -4.46. The highest BCUT2D eigenvalue weighted by Crippen LogP contribution is 2.37. The fourth-order valence-corrected chi connectivity index (χ4v) is 2.65. The number of primary amides is 1. The highest BCUT2D eigenvalue weighted by atomic mass is 32.1. The number of alkyl halides is 3. The van der Waals surface area contributed by atoms with Gasteiger partial charge in [0, 0.05) is 5.92 Å². The van der Waals surface area contributed by atoms with Gasteiger partial charge in [0.1, 0.15) is 11.5 Å². The Hall–Kier alpha value is -1.77. The van der Waals surface area contributed by atoms with E-state index < -0.39 is 24.5 Å². The summed E-state index contributed by atoms with van der Waals surface area (Å²) in [6, 6.07) is 0. The number of nitrogen functional groups attached to an aromatic ring is 1. The second-order valence-corrected chi connectivity index (χ2v) is 5.42. The number of ketones is 1. The molecular formula is C11H14F3N3O2S. The first-order valence-corrected chi connectivity index (χ1v) is 6.43. The maximum Gasteiger partial charge on any atom is 0.405 e. The standard InChI is InChI=1S/C11H14F3N3O2S/c1-4(2)7(18)8-6(15)5(9(16)19)10(20-8)17-3-11(12,13)14/h4,17H,3,15H2,1-2H3,(H2,16,19). The van der Waals surface area contributed by atoms with Crippen LogP contribution < -0.4 is 16.8 Å². The molecule has 112 valence electrons. The zero-order valence-corrected chi connectivity index (χ0v) is 11.6. The molecule has 0 aliphatic heterocycles. The largest absolute Gasteiger partial charge is 0.405 e. The summed E-state index contributed by atoms with van der Waals surface area (Å²) in [4.78, 5) is 23.2. The molecule has 5 nitrogen and oxygen atoms in total. The van der Waals surface area contributed by atoms with Crippen molar-refractivity contribution in [3.8, 4) is 0 Å². The van der Waals surface area contributed by atoms with E-state index in [4.69, 9.17) is 11.5 Å². The number of carbonyl (C=O) groups is 2. The lowest BCUT2D eigenvalue weighted by Gasteiger charge is -2.08. The molecule has 20 heavy (non-hydrogen) atoms. The van der Waals surface area contributed by atoms with Crippen molar-refractivity contribution in [3.05, 3.63) is 10.4 Å². The van der Waals surface area contributed by atoms with E-state index in [0.717, 1.165) is 0 Å². The van der Waals surface area contributed by atoms with Crippen LogP contribution in [0.2, 0.25) is 0 Å². The van der Waals surface area contributed by atoms with Gasteiger partial charge in [-0.05, 0) is 0 Å². The number of Topliss-reactive ketones (excluding diaryl/α,β-unsaturated/α-hetero) is 1. The van der Waals surface area contributed by atoms with Crippen molar-refractivity contribution in [1.82, 2.24) is 0 Å². The predicted molar refractivity (Wildman–Crippen MR) is 71.0 cm³/mol. The van der Waals surface area contributed by atoms with Gasteiger partial charge in [-0.15, -0.1) is 11.3 Å². The quantitative estimate of drug-likeness (QED) is 0.726. The Morgan fingerprint density at radius 1 is 1.35 bits per heavy atom. The highest BCUT2D eigenvalue weighted by molar-refractivity contribution is 7.19. The molecule has 1 aromatic rings. The molecular weight excluding hydrogens is 295 g/mol. The van der Waals surface area contributed by atoms with E-state index in [0.29, 0.717) is 11.3 Å². The molecule has 5 N–H and O–H groups in total. The van der Waals surface area contributed by atoms with E-state index in [9.17, 15) is 22.8 Å². The summed E-state index contributed by atoms with van der Waals surface area (Å²) >= 11 is 0.705. The smallest absolute Gasteiger partial charge is 0.397 e. The average Bonchev–Trinajstić information content (AvgIpc) is 2.61. The van der Waals surface area contributed by atoms with Gasteiger partial charge < -0.3 is 16.8 Å². The van der Waals surface area contributed by atoms with E-state index in [1.54, 1.807) is 13.8 Å². The number of nitrogens with one attached hydrogen (secondary N) is 1. The van der Waals surface area contributed by atoms with Crippen LogP contribution in [0.1, 0.15) is 33.9 Å². The monoisotopic (exact) mass is 309 g/mol. The number of carbonyl (C=O) groups excluding carboxylic acids is 2. The second-order valence-electron chi connectivity index (χ2n) is 4.40. The van der Waals surface area contributed by atoms with Crippen molar-refractivity contribution in [2.75, 3.05) is 17.6 Å². The molecule has 0 unspecified atom stereocenters. The van der Waals surface area contributed by atoms with Crippen LogP contribution in [0.4, 0.5) is 23.9 Å². The summed E-state index contributed by atoms with van der Waals surface area (Å²) in [7, 11) is 0. The molecule has 0 aliphatic rings. The molecule has 9 heteroatoms. The lowest BCUT2D eigenvalue weighted by atomic mass is 10.1. The van der Waals surface area contributed by atoms with Crippen molar-refractivity contribution in [3.63, 3.8) is 0 Å². The van der Waals surface area contributed by atoms with E-state index in [2.05, 4.69) is 5.32 Å². The van der Waals surface area contributed by atoms with E-state index in [1.165, 1.54) is 0 Å². The van der Waals surface area contributed by atoms with Gasteiger partial charge in [0.2, 0.25) is 0 Å². The molecule has 1 heterocycles. The van der Waals surface area contributed by atoms with E-state index in [-0.39, 0.29) is 26.9 Å². The highest BCUT2D eigenvalue weighted by Gasteiger charge is 2.30. The number of amides is 1. The first kappa shape index (κ1) is 16.3. The van der Waals surface area contributed by atoms with Gasteiger partial charge >= 0.3 is 6.18 Å². The third-order valence-corrected chi connectivity index (χ3v) is 3.57. The molecule has 0 spiro atoms. The maximum atomic E-state index is 12.2. The van der Waals surface area contributed by atoms with Crippen LogP contribution in [0, 0.1) is 5.92 Å².